The van der Waals surface area contributed by atoms with Gasteiger partial charge in [0.05, 0.1) is 6.04 Å². The summed E-state index contributed by atoms with van der Waals surface area (Å²) in [7, 11) is 0. The Morgan fingerprint density at radius 3 is 2.69 bits per heavy atom. The summed E-state index contributed by atoms with van der Waals surface area (Å²) in [6.07, 6.45) is 0.954. The average molecular weight is 176 g/mol. The van der Waals surface area contributed by atoms with E-state index in [0.717, 1.165) is 13.0 Å². The van der Waals surface area contributed by atoms with Crippen LogP contribution in [0.3, 0.4) is 0 Å². The van der Waals surface area contributed by atoms with Gasteiger partial charge in [0.15, 0.2) is 0 Å². The molecule has 3 heteroatoms. The predicted octanol–water partition coefficient (Wildman–Crippen LogP) is 1.43. The highest BCUT2D eigenvalue weighted by molar-refractivity contribution is 5.75. The van der Waals surface area contributed by atoms with Crippen LogP contribution in [0.1, 0.15) is 18.0 Å². The van der Waals surface area contributed by atoms with Crippen molar-refractivity contribution in [3.05, 3.63) is 35.9 Å². The summed E-state index contributed by atoms with van der Waals surface area (Å²) in [4.78, 5) is 11.0. The first-order valence-electron chi connectivity index (χ1n) is 4.45. The topological polar surface area (TPSA) is 41.1 Å². The molecule has 1 heterocycles. The van der Waals surface area contributed by atoms with Crippen LogP contribution in [0.2, 0.25) is 0 Å². The molecule has 2 N–H and O–H groups in total. The van der Waals surface area contributed by atoms with Gasteiger partial charge in [-0.05, 0) is 12.0 Å². The fourth-order valence-corrected chi connectivity index (χ4v) is 1.55. The van der Waals surface area contributed by atoms with Crippen molar-refractivity contribution in [2.45, 2.75) is 12.5 Å². The minimum Gasteiger partial charge on any atom is -0.338 e. The number of amides is 2. The van der Waals surface area contributed by atoms with Gasteiger partial charge in [-0.2, -0.15) is 0 Å². The van der Waals surface area contributed by atoms with Crippen LogP contribution >= 0.6 is 0 Å². The van der Waals surface area contributed by atoms with Crippen LogP contribution in [0.4, 0.5) is 4.79 Å². The molecule has 0 aromatic heterocycles. The van der Waals surface area contributed by atoms with Gasteiger partial charge in [-0.25, -0.2) is 4.79 Å². The molecule has 2 amide bonds. The molecule has 1 aliphatic heterocycles. The number of carbonyl (C=O) groups excluding carboxylic acids is 1. The monoisotopic (exact) mass is 176 g/mol. The van der Waals surface area contributed by atoms with Crippen LogP contribution in [0, 0.1) is 0 Å². The number of hydrogen-bond acceptors (Lipinski definition) is 1. The van der Waals surface area contributed by atoms with Crippen molar-refractivity contribution in [1.82, 2.24) is 10.6 Å². The van der Waals surface area contributed by atoms with Gasteiger partial charge in [0.1, 0.15) is 0 Å². The molecule has 0 saturated carbocycles. The number of carbonyl (C=O) groups is 1. The summed E-state index contributed by atoms with van der Waals surface area (Å²) >= 11 is 0. The molecule has 1 saturated heterocycles. The van der Waals surface area contributed by atoms with Gasteiger partial charge >= 0.3 is 6.03 Å². The van der Waals surface area contributed by atoms with E-state index in [4.69, 9.17) is 0 Å². The smallest absolute Gasteiger partial charge is 0.315 e. The molecule has 13 heavy (non-hydrogen) atoms. The Morgan fingerprint density at radius 2 is 2.00 bits per heavy atom. The molecular weight excluding hydrogens is 164 g/mol. The zero-order valence-corrected chi connectivity index (χ0v) is 7.29. The molecule has 1 aromatic carbocycles. The second kappa shape index (κ2) is 3.47. The zero-order valence-electron chi connectivity index (χ0n) is 7.29. The van der Waals surface area contributed by atoms with Crippen LogP contribution in [0.25, 0.3) is 0 Å². The van der Waals surface area contributed by atoms with Crippen LogP contribution in [0.15, 0.2) is 30.3 Å². The van der Waals surface area contributed by atoms with Crippen molar-refractivity contribution < 1.29 is 4.79 Å². The van der Waals surface area contributed by atoms with Gasteiger partial charge in [-0.1, -0.05) is 30.3 Å². The quantitative estimate of drug-likeness (QED) is 0.667. The molecule has 68 valence electrons. The average Bonchev–Trinajstić information content (AvgIpc) is 2.19. The molecule has 0 spiro atoms. The first kappa shape index (κ1) is 8.10. The Hall–Kier alpha value is -1.51. The van der Waals surface area contributed by atoms with Crippen molar-refractivity contribution in [1.29, 1.82) is 0 Å². The van der Waals surface area contributed by atoms with Gasteiger partial charge in [0, 0.05) is 6.54 Å². The highest BCUT2D eigenvalue weighted by atomic mass is 16.2. The summed E-state index contributed by atoms with van der Waals surface area (Å²) in [5.74, 6) is 0. The van der Waals surface area contributed by atoms with Gasteiger partial charge in [-0.3, -0.25) is 0 Å². The second-order valence-electron chi connectivity index (χ2n) is 3.15. The molecule has 1 aliphatic rings. The largest absolute Gasteiger partial charge is 0.338 e. The number of hydrogen-bond donors (Lipinski definition) is 2. The highest BCUT2D eigenvalue weighted by Crippen LogP contribution is 2.17. The minimum absolute atomic E-state index is 0.0693. The lowest BCUT2D eigenvalue weighted by atomic mass is 10.0. The first-order valence-corrected chi connectivity index (χ1v) is 4.45. The van der Waals surface area contributed by atoms with E-state index in [1.807, 2.05) is 30.3 Å². The molecule has 0 unspecified atom stereocenters. The number of benzene rings is 1. The Bertz CT molecular complexity index is 297. The van der Waals surface area contributed by atoms with Crippen LogP contribution < -0.4 is 10.6 Å². The fourth-order valence-electron chi connectivity index (χ4n) is 1.55. The highest BCUT2D eigenvalue weighted by Gasteiger charge is 2.18. The van der Waals surface area contributed by atoms with E-state index < -0.39 is 0 Å². The zero-order chi connectivity index (χ0) is 9.10. The van der Waals surface area contributed by atoms with Crippen LogP contribution in [-0.2, 0) is 0 Å². The van der Waals surface area contributed by atoms with E-state index in [-0.39, 0.29) is 12.1 Å². The summed E-state index contributed by atoms with van der Waals surface area (Å²) in [5.41, 5.74) is 1.18. The Labute approximate surface area is 77.1 Å². The maximum atomic E-state index is 11.0. The molecule has 3 nitrogen and oxygen atoms in total. The lowest BCUT2D eigenvalue weighted by molar-refractivity contribution is 0.229. The molecule has 1 atom stereocenters. The molecule has 2 rings (SSSR count). The number of rotatable bonds is 1. The van der Waals surface area contributed by atoms with E-state index >= 15 is 0 Å². The van der Waals surface area contributed by atoms with Crippen molar-refractivity contribution in [2.75, 3.05) is 6.54 Å². The third-order valence-electron chi connectivity index (χ3n) is 2.23. The van der Waals surface area contributed by atoms with Crippen molar-refractivity contribution in [3.8, 4) is 0 Å². The molecular formula is C10H12N2O. The first-order chi connectivity index (χ1) is 6.36. The van der Waals surface area contributed by atoms with E-state index in [1.54, 1.807) is 0 Å². The van der Waals surface area contributed by atoms with Gasteiger partial charge in [-0.15, -0.1) is 0 Å². The normalized spacial score (nSPS) is 21.8. The van der Waals surface area contributed by atoms with Crippen molar-refractivity contribution in [3.63, 3.8) is 0 Å². The predicted molar refractivity (Wildman–Crippen MR) is 50.3 cm³/mol. The molecule has 1 fully saturated rings. The van der Waals surface area contributed by atoms with E-state index in [1.165, 1.54) is 5.56 Å². The summed E-state index contributed by atoms with van der Waals surface area (Å²) < 4.78 is 0. The lowest BCUT2D eigenvalue weighted by Crippen LogP contribution is -2.44. The Kier molecular flexibility index (Phi) is 2.17. The third kappa shape index (κ3) is 1.80. The van der Waals surface area contributed by atoms with Gasteiger partial charge < -0.3 is 10.6 Å². The van der Waals surface area contributed by atoms with E-state index in [2.05, 4.69) is 10.6 Å². The maximum absolute atomic E-state index is 11.0. The number of nitrogens with one attached hydrogen (secondary N) is 2. The SMILES string of the molecule is O=C1NCC[C@@H](c2ccccc2)N1. The standard InChI is InChI=1S/C10H12N2O/c13-10-11-7-6-9(12-10)8-4-2-1-3-5-8/h1-5,9H,6-7H2,(H2,11,12,13)/t9-/m0/s1. The Morgan fingerprint density at radius 1 is 1.23 bits per heavy atom. The van der Waals surface area contributed by atoms with Crippen molar-refractivity contribution in [2.24, 2.45) is 0 Å². The molecule has 0 bridgehead atoms. The maximum Gasteiger partial charge on any atom is 0.315 e. The summed E-state index contributed by atoms with van der Waals surface area (Å²) in [6.45, 7) is 0.755. The lowest BCUT2D eigenvalue weighted by Gasteiger charge is -2.24. The minimum atomic E-state index is -0.0693. The number of urea groups is 1. The molecule has 1 aromatic rings. The summed E-state index contributed by atoms with van der Waals surface area (Å²) in [5, 5.41) is 5.61. The van der Waals surface area contributed by atoms with Crippen LogP contribution in [0.5, 0.6) is 0 Å². The summed E-state index contributed by atoms with van der Waals surface area (Å²) in [6, 6.07) is 10.1. The van der Waals surface area contributed by atoms with Gasteiger partial charge in [0.2, 0.25) is 0 Å². The molecule has 0 aliphatic carbocycles. The second-order valence-corrected chi connectivity index (χ2v) is 3.15. The van der Waals surface area contributed by atoms with Crippen LogP contribution in [-0.4, -0.2) is 12.6 Å². The third-order valence-corrected chi connectivity index (χ3v) is 2.23. The van der Waals surface area contributed by atoms with Crippen molar-refractivity contribution >= 4 is 6.03 Å². The van der Waals surface area contributed by atoms with E-state index in [0.29, 0.717) is 0 Å². The van der Waals surface area contributed by atoms with E-state index in [9.17, 15) is 4.79 Å². The fraction of sp³-hybridized carbons (Fsp3) is 0.300. The Balaban J connectivity index is 2.13. The molecule has 0 radical (unpaired) electrons. The van der Waals surface area contributed by atoms with Gasteiger partial charge in [0.25, 0.3) is 0 Å².